The topological polar surface area (TPSA) is 113 Å². The molecule has 174 valence electrons. The van der Waals surface area contributed by atoms with Gasteiger partial charge in [-0.1, -0.05) is 58.7 Å². The quantitative estimate of drug-likeness (QED) is 0.525. The van der Waals surface area contributed by atoms with Gasteiger partial charge in [0.25, 0.3) is 0 Å². The van der Waals surface area contributed by atoms with E-state index in [2.05, 4.69) is 10.6 Å². The zero-order chi connectivity index (χ0) is 23.6. The summed E-state index contributed by atoms with van der Waals surface area (Å²) in [5, 5.41) is 16.0. The molecule has 1 aliphatic rings. The number of carboxylic acids is 1. The Bertz CT molecular complexity index is 909. The largest absolute Gasteiger partial charge is 0.480 e. The van der Waals surface area contributed by atoms with Gasteiger partial charge in [0.1, 0.15) is 10.7 Å². The lowest BCUT2D eigenvalue weighted by molar-refractivity contribution is -0.170. The molecule has 0 aromatic heterocycles. The first-order valence-electron chi connectivity index (χ1n) is 10.5. The number of thioether (sulfide) groups is 1. The smallest absolute Gasteiger partial charge is 0.320 e. The molecule has 2 rings (SSSR count). The summed E-state index contributed by atoms with van der Waals surface area (Å²) in [6.07, 6.45) is -0.405. The molecule has 1 heterocycles. The highest BCUT2D eigenvalue weighted by molar-refractivity contribution is 8.13. The highest BCUT2D eigenvalue weighted by atomic mass is 32.3. The molecule has 4 atom stereocenters. The van der Waals surface area contributed by atoms with Crippen molar-refractivity contribution in [1.82, 2.24) is 10.6 Å². The van der Waals surface area contributed by atoms with E-state index in [1.807, 2.05) is 13.8 Å². The maximum absolute atomic E-state index is 13.5. The number of aryl methyl sites for hydroxylation is 1. The molecule has 1 fully saturated rings. The number of carbonyl (C=O) groups is 2. The van der Waals surface area contributed by atoms with E-state index in [9.17, 15) is 23.1 Å². The maximum atomic E-state index is 13.5. The number of aliphatic carboxylic acids is 1. The summed E-state index contributed by atoms with van der Waals surface area (Å²) in [6, 6.07) is 6.60. The first-order chi connectivity index (χ1) is 14.3. The molecule has 0 aliphatic carbocycles. The van der Waals surface area contributed by atoms with E-state index < -0.39 is 49.2 Å². The van der Waals surface area contributed by atoms with E-state index >= 15 is 0 Å². The molecule has 1 amide bonds. The van der Waals surface area contributed by atoms with Gasteiger partial charge in [-0.2, -0.15) is 0 Å². The van der Waals surface area contributed by atoms with Gasteiger partial charge >= 0.3 is 5.97 Å². The molecule has 0 spiro atoms. The second-order valence-electron chi connectivity index (χ2n) is 9.17. The van der Waals surface area contributed by atoms with Gasteiger partial charge in [-0.05, 0) is 30.4 Å². The third-order valence-corrected chi connectivity index (χ3v) is 10.2. The molecular weight excluding hydrogens is 436 g/mol. The van der Waals surface area contributed by atoms with Crippen molar-refractivity contribution >= 4 is 33.5 Å². The molecule has 1 saturated heterocycles. The molecular formula is C22H34N2O5S2. The Morgan fingerprint density at radius 2 is 1.84 bits per heavy atom. The van der Waals surface area contributed by atoms with Gasteiger partial charge in [-0.15, -0.1) is 11.8 Å². The van der Waals surface area contributed by atoms with Crippen molar-refractivity contribution in [1.29, 1.82) is 0 Å². The Morgan fingerprint density at radius 1 is 1.26 bits per heavy atom. The molecule has 9 heteroatoms. The van der Waals surface area contributed by atoms with Crippen LogP contribution in [0.25, 0.3) is 0 Å². The second-order valence-corrected chi connectivity index (χ2v) is 12.8. The summed E-state index contributed by atoms with van der Waals surface area (Å²) in [4.78, 5) is 26.2. The average Bonchev–Trinajstić information content (AvgIpc) is 2.67. The van der Waals surface area contributed by atoms with Crippen LogP contribution >= 0.6 is 11.8 Å². The van der Waals surface area contributed by atoms with Crippen LogP contribution in [0.4, 0.5) is 0 Å². The maximum Gasteiger partial charge on any atom is 0.320 e. The fourth-order valence-corrected chi connectivity index (χ4v) is 7.79. The summed E-state index contributed by atoms with van der Waals surface area (Å²) < 4.78 is 25.7. The summed E-state index contributed by atoms with van der Waals surface area (Å²) in [5.74, 6) is -1.75. The van der Waals surface area contributed by atoms with Crippen molar-refractivity contribution in [2.24, 2.45) is 16.7 Å². The molecule has 2 unspecified atom stereocenters. The van der Waals surface area contributed by atoms with E-state index in [0.29, 0.717) is 18.7 Å². The minimum Gasteiger partial charge on any atom is -0.480 e. The van der Waals surface area contributed by atoms with E-state index in [1.54, 1.807) is 52.0 Å². The standard InChI is InChI=1S/C22H34N2O5S2/c1-7-15(3)22(20(26)27,21(4,5)6)19(25)24-17-18(30-13-12-23-17)31(28,29)16-10-8-14(2)9-11-16/h8-11,15,17-18,23H,7,12-13H2,1-6H3,(H,24,25)(H,26,27)/t15-,17?,18?,22+/m1/s1. The molecule has 0 bridgehead atoms. The van der Waals surface area contributed by atoms with Gasteiger partial charge in [0.2, 0.25) is 5.91 Å². The van der Waals surface area contributed by atoms with Crippen LogP contribution in [0.1, 0.15) is 46.6 Å². The lowest BCUT2D eigenvalue weighted by atomic mass is 9.58. The first-order valence-corrected chi connectivity index (χ1v) is 13.1. The summed E-state index contributed by atoms with van der Waals surface area (Å²) in [6.45, 7) is 11.2. The van der Waals surface area contributed by atoms with Crippen LogP contribution in [0.3, 0.4) is 0 Å². The Balaban J connectivity index is 2.44. The van der Waals surface area contributed by atoms with E-state index in [0.717, 1.165) is 5.56 Å². The fraction of sp³-hybridized carbons (Fsp3) is 0.636. The van der Waals surface area contributed by atoms with Crippen molar-refractivity contribution in [3.8, 4) is 0 Å². The van der Waals surface area contributed by atoms with Crippen molar-refractivity contribution in [2.75, 3.05) is 12.3 Å². The fourth-order valence-electron chi connectivity index (χ4n) is 4.33. The number of hydrogen-bond acceptors (Lipinski definition) is 6. The minimum absolute atomic E-state index is 0.181. The van der Waals surface area contributed by atoms with Crippen molar-refractivity contribution in [3.63, 3.8) is 0 Å². The number of carbonyl (C=O) groups excluding carboxylic acids is 1. The SMILES string of the molecule is CC[C@@H](C)[C@@](C(=O)O)(C(=O)NC1NCCSC1S(=O)(=O)c1ccc(C)cc1)C(C)(C)C. The Labute approximate surface area is 189 Å². The van der Waals surface area contributed by atoms with Gasteiger partial charge < -0.3 is 10.4 Å². The third kappa shape index (κ3) is 4.78. The van der Waals surface area contributed by atoms with E-state index in [4.69, 9.17) is 0 Å². The van der Waals surface area contributed by atoms with E-state index in [-0.39, 0.29) is 4.90 Å². The van der Waals surface area contributed by atoms with Gasteiger partial charge in [0.15, 0.2) is 15.3 Å². The molecule has 1 aromatic rings. The number of sulfone groups is 1. The lowest BCUT2D eigenvalue weighted by Crippen LogP contribution is -2.64. The highest BCUT2D eigenvalue weighted by Gasteiger charge is 2.59. The van der Waals surface area contributed by atoms with Gasteiger partial charge in [0.05, 0.1) is 4.90 Å². The summed E-state index contributed by atoms with van der Waals surface area (Å²) >= 11 is 1.25. The number of benzene rings is 1. The average molecular weight is 471 g/mol. The van der Waals surface area contributed by atoms with Crippen LogP contribution in [-0.2, 0) is 19.4 Å². The number of nitrogens with one attached hydrogen (secondary N) is 2. The monoisotopic (exact) mass is 470 g/mol. The minimum atomic E-state index is -3.76. The molecule has 0 radical (unpaired) electrons. The molecule has 7 nitrogen and oxygen atoms in total. The molecule has 1 aliphatic heterocycles. The lowest BCUT2D eigenvalue weighted by Gasteiger charge is -2.45. The molecule has 31 heavy (non-hydrogen) atoms. The number of amides is 1. The van der Waals surface area contributed by atoms with E-state index in [1.165, 1.54) is 11.8 Å². The summed E-state index contributed by atoms with van der Waals surface area (Å²) in [7, 11) is -3.76. The van der Waals surface area contributed by atoms with Gasteiger partial charge in [0, 0.05) is 12.3 Å². The second kappa shape index (κ2) is 9.50. The van der Waals surface area contributed by atoms with Crippen LogP contribution in [0, 0.1) is 23.7 Å². The van der Waals surface area contributed by atoms with Crippen LogP contribution in [0.15, 0.2) is 29.2 Å². The van der Waals surface area contributed by atoms with Crippen LogP contribution < -0.4 is 10.6 Å². The van der Waals surface area contributed by atoms with Crippen molar-refractivity contribution in [2.45, 2.75) is 63.6 Å². The normalized spacial score (nSPS) is 22.9. The number of carboxylic acid groups (broad SMARTS) is 1. The first kappa shape index (κ1) is 25.7. The predicted octanol–water partition coefficient (Wildman–Crippen LogP) is 3.04. The van der Waals surface area contributed by atoms with Crippen LogP contribution in [0.2, 0.25) is 0 Å². The van der Waals surface area contributed by atoms with Crippen molar-refractivity contribution < 1.29 is 23.1 Å². The highest BCUT2D eigenvalue weighted by Crippen LogP contribution is 2.47. The number of hydrogen-bond donors (Lipinski definition) is 3. The summed E-state index contributed by atoms with van der Waals surface area (Å²) in [5.41, 5.74) is -1.64. The molecule has 1 aromatic carbocycles. The zero-order valence-electron chi connectivity index (χ0n) is 19.1. The Hall–Kier alpha value is -1.58. The Morgan fingerprint density at radius 3 is 2.32 bits per heavy atom. The van der Waals surface area contributed by atoms with Gasteiger partial charge in [-0.25, -0.2) is 8.42 Å². The van der Waals surface area contributed by atoms with Crippen LogP contribution in [0.5, 0.6) is 0 Å². The van der Waals surface area contributed by atoms with Gasteiger partial charge in [-0.3, -0.25) is 14.9 Å². The van der Waals surface area contributed by atoms with Crippen molar-refractivity contribution in [3.05, 3.63) is 29.8 Å². The molecule has 3 N–H and O–H groups in total. The van der Waals surface area contributed by atoms with Crippen LogP contribution in [-0.4, -0.2) is 48.4 Å². The molecule has 0 saturated carbocycles. The zero-order valence-corrected chi connectivity index (χ0v) is 20.7. The Kier molecular flexibility index (Phi) is 7.87. The number of rotatable bonds is 7. The predicted molar refractivity (Wildman–Crippen MR) is 124 cm³/mol. The third-order valence-electron chi connectivity index (χ3n) is 6.19.